The smallest absolute Gasteiger partial charge is 0.203 e. The largest absolute Gasteiger partial charge is 0.493 e. The Labute approximate surface area is 124 Å². The van der Waals surface area contributed by atoms with Gasteiger partial charge < -0.3 is 23.9 Å². The maximum Gasteiger partial charge on any atom is 0.203 e. The lowest BCUT2D eigenvalue weighted by Crippen LogP contribution is -2.16. The summed E-state index contributed by atoms with van der Waals surface area (Å²) >= 11 is 0. The number of methoxy groups -OCH3 is 3. The molecular weight excluding hydrogens is 270 g/mol. The monoisotopic (exact) mass is 291 g/mol. The first-order chi connectivity index (χ1) is 10.3. The second-order valence-corrected chi connectivity index (χ2v) is 4.54. The van der Waals surface area contributed by atoms with E-state index < -0.39 is 0 Å². The molecule has 0 aliphatic heterocycles. The maximum absolute atomic E-state index is 5.34. The lowest BCUT2D eigenvalue weighted by Gasteiger charge is -2.14. The molecule has 1 N–H and O–H groups in total. The number of rotatable bonds is 8. The fourth-order valence-electron chi connectivity index (χ4n) is 2.14. The molecule has 0 unspecified atom stereocenters. The molecule has 0 bridgehead atoms. The minimum Gasteiger partial charge on any atom is -0.493 e. The molecule has 0 saturated carbocycles. The van der Waals surface area contributed by atoms with Gasteiger partial charge in [0, 0.05) is 19.5 Å². The fraction of sp³-hybridized carbons (Fsp3) is 0.375. The molecule has 0 saturated heterocycles. The van der Waals surface area contributed by atoms with E-state index in [4.69, 9.17) is 18.6 Å². The fourth-order valence-corrected chi connectivity index (χ4v) is 2.14. The van der Waals surface area contributed by atoms with E-state index in [0.717, 1.165) is 30.8 Å². The molecule has 0 fully saturated rings. The van der Waals surface area contributed by atoms with E-state index in [-0.39, 0.29) is 0 Å². The summed E-state index contributed by atoms with van der Waals surface area (Å²) in [6.45, 7) is 1.56. The minimum atomic E-state index is 0.610. The molecule has 0 amide bonds. The molecule has 2 rings (SSSR count). The molecule has 1 aromatic carbocycles. The van der Waals surface area contributed by atoms with Crippen molar-refractivity contribution in [1.82, 2.24) is 5.32 Å². The third-order valence-corrected chi connectivity index (χ3v) is 3.18. The number of furan rings is 1. The van der Waals surface area contributed by atoms with Crippen molar-refractivity contribution in [1.29, 1.82) is 0 Å². The van der Waals surface area contributed by atoms with Crippen molar-refractivity contribution in [2.75, 3.05) is 27.9 Å². The van der Waals surface area contributed by atoms with Gasteiger partial charge in [0.15, 0.2) is 11.5 Å². The predicted octanol–water partition coefficient (Wildman–Crippen LogP) is 2.64. The van der Waals surface area contributed by atoms with E-state index in [0.29, 0.717) is 17.2 Å². The van der Waals surface area contributed by atoms with Crippen molar-refractivity contribution in [3.8, 4) is 17.2 Å². The molecule has 5 heteroatoms. The molecule has 114 valence electrons. The number of ether oxygens (including phenoxy) is 3. The summed E-state index contributed by atoms with van der Waals surface area (Å²) in [5.41, 5.74) is 1.07. The van der Waals surface area contributed by atoms with Crippen LogP contribution in [0.4, 0.5) is 0 Å². The van der Waals surface area contributed by atoms with Crippen LogP contribution in [-0.4, -0.2) is 27.9 Å². The van der Waals surface area contributed by atoms with Crippen molar-refractivity contribution >= 4 is 0 Å². The summed E-state index contributed by atoms with van der Waals surface area (Å²) < 4.78 is 21.3. The van der Waals surface area contributed by atoms with Crippen LogP contribution in [0, 0.1) is 0 Å². The molecule has 0 atom stereocenters. The van der Waals surface area contributed by atoms with Crippen LogP contribution in [0.3, 0.4) is 0 Å². The van der Waals surface area contributed by atoms with Gasteiger partial charge in [-0.1, -0.05) is 0 Å². The first-order valence-electron chi connectivity index (χ1n) is 6.80. The minimum absolute atomic E-state index is 0.610. The van der Waals surface area contributed by atoms with Crippen LogP contribution >= 0.6 is 0 Å². The van der Waals surface area contributed by atoms with E-state index in [1.54, 1.807) is 27.6 Å². The zero-order chi connectivity index (χ0) is 15.1. The normalized spacial score (nSPS) is 10.4. The molecule has 0 spiro atoms. The maximum atomic E-state index is 5.34. The van der Waals surface area contributed by atoms with Gasteiger partial charge in [-0.3, -0.25) is 0 Å². The van der Waals surface area contributed by atoms with Gasteiger partial charge in [0.1, 0.15) is 5.76 Å². The first kappa shape index (κ1) is 15.3. The highest BCUT2D eigenvalue weighted by Crippen LogP contribution is 2.38. The average Bonchev–Trinajstić information content (AvgIpc) is 3.03. The summed E-state index contributed by atoms with van der Waals surface area (Å²) in [5.74, 6) is 2.92. The van der Waals surface area contributed by atoms with Gasteiger partial charge in [-0.15, -0.1) is 0 Å². The zero-order valence-corrected chi connectivity index (χ0v) is 12.6. The summed E-state index contributed by atoms with van der Waals surface area (Å²) in [5, 5.41) is 3.37. The van der Waals surface area contributed by atoms with Gasteiger partial charge in [-0.25, -0.2) is 0 Å². The third-order valence-electron chi connectivity index (χ3n) is 3.18. The van der Waals surface area contributed by atoms with E-state index in [2.05, 4.69) is 5.32 Å². The zero-order valence-electron chi connectivity index (χ0n) is 12.6. The van der Waals surface area contributed by atoms with Crippen molar-refractivity contribution in [2.24, 2.45) is 0 Å². The SMILES string of the molecule is COc1cc(CNCCc2ccco2)cc(OC)c1OC. The number of hydrogen-bond acceptors (Lipinski definition) is 5. The van der Waals surface area contributed by atoms with E-state index in [9.17, 15) is 0 Å². The second kappa shape index (κ2) is 7.59. The Hall–Kier alpha value is -2.14. The first-order valence-corrected chi connectivity index (χ1v) is 6.80. The van der Waals surface area contributed by atoms with Crippen LogP contribution in [0.15, 0.2) is 34.9 Å². The molecule has 2 aromatic rings. The molecule has 21 heavy (non-hydrogen) atoms. The van der Waals surface area contributed by atoms with Crippen LogP contribution in [0.5, 0.6) is 17.2 Å². The van der Waals surface area contributed by atoms with Crippen LogP contribution in [-0.2, 0) is 13.0 Å². The van der Waals surface area contributed by atoms with Gasteiger partial charge in [0.25, 0.3) is 0 Å². The Balaban J connectivity index is 1.96. The van der Waals surface area contributed by atoms with E-state index >= 15 is 0 Å². The Morgan fingerprint density at radius 3 is 2.29 bits per heavy atom. The van der Waals surface area contributed by atoms with Crippen LogP contribution in [0.1, 0.15) is 11.3 Å². The van der Waals surface area contributed by atoms with Crippen LogP contribution in [0.25, 0.3) is 0 Å². The number of hydrogen-bond donors (Lipinski definition) is 1. The molecule has 0 aliphatic rings. The van der Waals surface area contributed by atoms with Crippen molar-refractivity contribution in [3.63, 3.8) is 0 Å². The van der Waals surface area contributed by atoms with Gasteiger partial charge in [0.2, 0.25) is 5.75 Å². The second-order valence-electron chi connectivity index (χ2n) is 4.54. The number of nitrogens with one attached hydrogen (secondary N) is 1. The highest BCUT2D eigenvalue weighted by molar-refractivity contribution is 5.53. The van der Waals surface area contributed by atoms with Gasteiger partial charge in [-0.2, -0.15) is 0 Å². The molecular formula is C16H21NO4. The molecule has 0 radical (unpaired) electrons. The quantitative estimate of drug-likeness (QED) is 0.758. The number of benzene rings is 1. The Bertz CT molecular complexity index is 526. The predicted molar refractivity (Wildman–Crippen MR) is 80.2 cm³/mol. The lowest BCUT2D eigenvalue weighted by atomic mass is 10.1. The van der Waals surface area contributed by atoms with Gasteiger partial charge >= 0.3 is 0 Å². The molecule has 0 aliphatic carbocycles. The Kier molecular flexibility index (Phi) is 5.51. The Morgan fingerprint density at radius 2 is 1.76 bits per heavy atom. The highest BCUT2D eigenvalue weighted by atomic mass is 16.5. The van der Waals surface area contributed by atoms with Gasteiger partial charge in [-0.05, 0) is 29.8 Å². The average molecular weight is 291 g/mol. The summed E-state index contributed by atoms with van der Waals surface area (Å²) in [7, 11) is 4.83. The lowest BCUT2D eigenvalue weighted by molar-refractivity contribution is 0.323. The molecule has 1 aromatic heterocycles. The Morgan fingerprint density at radius 1 is 1.05 bits per heavy atom. The summed E-state index contributed by atoms with van der Waals surface area (Å²) in [6.07, 6.45) is 2.55. The van der Waals surface area contributed by atoms with Gasteiger partial charge in [0.05, 0.1) is 27.6 Å². The van der Waals surface area contributed by atoms with Crippen LogP contribution < -0.4 is 19.5 Å². The van der Waals surface area contributed by atoms with E-state index in [1.807, 2.05) is 24.3 Å². The third kappa shape index (κ3) is 3.92. The molecule has 1 heterocycles. The standard InChI is InChI=1S/C16H21NO4/c1-18-14-9-12(10-15(19-2)16(14)20-3)11-17-7-6-13-5-4-8-21-13/h4-5,8-10,17H,6-7,11H2,1-3H3. The van der Waals surface area contributed by atoms with Crippen molar-refractivity contribution < 1.29 is 18.6 Å². The summed E-state index contributed by atoms with van der Waals surface area (Å²) in [6, 6.07) is 7.76. The highest BCUT2D eigenvalue weighted by Gasteiger charge is 2.12. The molecule has 5 nitrogen and oxygen atoms in total. The summed E-state index contributed by atoms with van der Waals surface area (Å²) in [4.78, 5) is 0. The van der Waals surface area contributed by atoms with Crippen molar-refractivity contribution in [3.05, 3.63) is 41.9 Å². The van der Waals surface area contributed by atoms with E-state index in [1.165, 1.54) is 0 Å². The van der Waals surface area contributed by atoms with Crippen LogP contribution in [0.2, 0.25) is 0 Å². The topological polar surface area (TPSA) is 52.9 Å². The van der Waals surface area contributed by atoms with Crippen molar-refractivity contribution in [2.45, 2.75) is 13.0 Å².